The molecule has 0 aliphatic rings. The summed E-state index contributed by atoms with van der Waals surface area (Å²) in [5.41, 5.74) is -0.293. The van der Waals surface area contributed by atoms with E-state index in [4.69, 9.17) is 0 Å². The lowest BCUT2D eigenvalue weighted by Crippen LogP contribution is -2.39. The van der Waals surface area contributed by atoms with E-state index in [1.54, 1.807) is 20.8 Å². The molecular formula is C15H20FN3O3. The van der Waals surface area contributed by atoms with Crippen molar-refractivity contribution in [2.75, 3.05) is 17.2 Å². The topological polar surface area (TPSA) is 87.3 Å². The zero-order valence-electron chi connectivity index (χ0n) is 13.0. The largest absolute Gasteiger partial charge is 0.347 e. The molecule has 0 aliphatic carbocycles. The van der Waals surface area contributed by atoms with Crippen LogP contribution >= 0.6 is 0 Å². The molecule has 0 unspecified atom stereocenters. The third kappa shape index (κ3) is 5.51. The van der Waals surface area contributed by atoms with Gasteiger partial charge in [-0.1, -0.05) is 20.8 Å². The molecule has 0 bridgehead atoms. The molecule has 0 spiro atoms. The average Bonchev–Trinajstić information content (AvgIpc) is 2.38. The average molecular weight is 309 g/mol. The highest BCUT2D eigenvalue weighted by atomic mass is 19.1. The minimum atomic E-state index is -0.603. The van der Waals surface area contributed by atoms with Crippen LogP contribution in [0.25, 0.3) is 0 Å². The van der Waals surface area contributed by atoms with Gasteiger partial charge >= 0.3 is 0 Å². The number of amides is 3. The standard InChI is InChI=1S/C15H20FN3O3/c1-9(20)18-12-7-10(5-6-11(12)16)19-13(21)8-17-14(22)15(2,3)4/h5-7H,8H2,1-4H3,(H,17,22)(H,18,20)(H,19,21). The van der Waals surface area contributed by atoms with Crippen LogP contribution in [0.1, 0.15) is 27.7 Å². The number of carbonyl (C=O) groups is 3. The van der Waals surface area contributed by atoms with Gasteiger partial charge in [0.1, 0.15) is 5.82 Å². The van der Waals surface area contributed by atoms with E-state index in [1.165, 1.54) is 19.1 Å². The molecule has 0 aromatic heterocycles. The Morgan fingerprint density at radius 3 is 2.32 bits per heavy atom. The fourth-order valence-corrected chi connectivity index (χ4v) is 1.52. The van der Waals surface area contributed by atoms with Crippen LogP contribution in [0.15, 0.2) is 18.2 Å². The van der Waals surface area contributed by atoms with Gasteiger partial charge in [-0.2, -0.15) is 0 Å². The summed E-state index contributed by atoms with van der Waals surface area (Å²) in [5, 5.41) is 7.35. The lowest BCUT2D eigenvalue weighted by Gasteiger charge is -2.17. The molecule has 22 heavy (non-hydrogen) atoms. The Morgan fingerprint density at radius 2 is 1.77 bits per heavy atom. The Hall–Kier alpha value is -2.44. The fraction of sp³-hybridized carbons (Fsp3) is 0.400. The number of halogens is 1. The molecule has 3 N–H and O–H groups in total. The van der Waals surface area contributed by atoms with E-state index in [2.05, 4.69) is 16.0 Å². The van der Waals surface area contributed by atoms with Crippen LogP contribution in [0.2, 0.25) is 0 Å². The van der Waals surface area contributed by atoms with Gasteiger partial charge in [-0.15, -0.1) is 0 Å². The zero-order valence-corrected chi connectivity index (χ0v) is 13.0. The second-order valence-electron chi connectivity index (χ2n) is 5.86. The Balaban J connectivity index is 2.65. The molecule has 0 saturated heterocycles. The van der Waals surface area contributed by atoms with E-state index in [9.17, 15) is 18.8 Å². The van der Waals surface area contributed by atoms with E-state index in [0.29, 0.717) is 5.69 Å². The van der Waals surface area contributed by atoms with Crippen molar-refractivity contribution in [3.05, 3.63) is 24.0 Å². The highest BCUT2D eigenvalue weighted by molar-refractivity contribution is 5.96. The van der Waals surface area contributed by atoms with Gasteiger partial charge in [0.25, 0.3) is 0 Å². The Kier molecular flexibility index (Phi) is 5.62. The van der Waals surface area contributed by atoms with Crippen LogP contribution in [0.4, 0.5) is 15.8 Å². The first-order valence-electron chi connectivity index (χ1n) is 6.75. The smallest absolute Gasteiger partial charge is 0.243 e. The second kappa shape index (κ2) is 7.02. The molecule has 0 fully saturated rings. The molecule has 6 nitrogen and oxygen atoms in total. The molecule has 0 atom stereocenters. The van der Waals surface area contributed by atoms with Crippen LogP contribution < -0.4 is 16.0 Å². The van der Waals surface area contributed by atoms with Crippen molar-refractivity contribution >= 4 is 29.1 Å². The number of carbonyl (C=O) groups excluding carboxylic acids is 3. The van der Waals surface area contributed by atoms with Crippen LogP contribution in [0, 0.1) is 11.2 Å². The molecular weight excluding hydrogens is 289 g/mol. The summed E-state index contributed by atoms with van der Waals surface area (Å²) in [6, 6.07) is 3.80. The van der Waals surface area contributed by atoms with E-state index in [1.807, 2.05) is 0 Å². The molecule has 7 heteroatoms. The fourth-order valence-electron chi connectivity index (χ4n) is 1.52. The second-order valence-corrected chi connectivity index (χ2v) is 5.86. The summed E-state index contributed by atoms with van der Waals surface area (Å²) >= 11 is 0. The minimum absolute atomic E-state index is 0.0240. The first kappa shape index (κ1) is 17.6. The minimum Gasteiger partial charge on any atom is -0.347 e. The third-order valence-corrected chi connectivity index (χ3v) is 2.65. The van der Waals surface area contributed by atoms with Crippen LogP contribution in [0.3, 0.4) is 0 Å². The maximum Gasteiger partial charge on any atom is 0.243 e. The van der Waals surface area contributed by atoms with Gasteiger partial charge < -0.3 is 16.0 Å². The summed E-state index contributed by atoms with van der Waals surface area (Å²) < 4.78 is 13.5. The predicted octanol–water partition coefficient (Wildman–Crippen LogP) is 1.88. The molecule has 120 valence electrons. The zero-order chi connectivity index (χ0) is 16.9. The van der Waals surface area contributed by atoms with Gasteiger partial charge in [-0.05, 0) is 18.2 Å². The molecule has 1 aromatic rings. The van der Waals surface area contributed by atoms with Crippen molar-refractivity contribution in [2.45, 2.75) is 27.7 Å². The monoisotopic (exact) mass is 309 g/mol. The number of nitrogens with one attached hydrogen (secondary N) is 3. The van der Waals surface area contributed by atoms with Crippen molar-refractivity contribution < 1.29 is 18.8 Å². The number of benzene rings is 1. The SMILES string of the molecule is CC(=O)Nc1cc(NC(=O)CNC(=O)C(C)(C)C)ccc1F. The maximum absolute atomic E-state index is 13.5. The van der Waals surface area contributed by atoms with E-state index in [-0.39, 0.29) is 18.1 Å². The van der Waals surface area contributed by atoms with Crippen molar-refractivity contribution in [2.24, 2.45) is 5.41 Å². The quantitative estimate of drug-likeness (QED) is 0.793. The van der Waals surface area contributed by atoms with Gasteiger partial charge in [0.2, 0.25) is 17.7 Å². The Bertz CT molecular complexity index is 594. The molecule has 1 aromatic carbocycles. The van der Waals surface area contributed by atoms with Crippen molar-refractivity contribution in [1.82, 2.24) is 5.32 Å². The van der Waals surface area contributed by atoms with Crippen LogP contribution in [-0.2, 0) is 14.4 Å². The number of hydrogen-bond donors (Lipinski definition) is 3. The van der Waals surface area contributed by atoms with Crippen molar-refractivity contribution in [1.29, 1.82) is 0 Å². The summed E-state index contributed by atoms with van der Waals surface area (Å²) in [5.74, 6) is -1.72. The third-order valence-electron chi connectivity index (χ3n) is 2.65. The molecule has 0 radical (unpaired) electrons. The summed E-state index contributed by atoms with van der Waals surface area (Å²) in [6.45, 7) is 6.27. The molecule has 3 amide bonds. The van der Waals surface area contributed by atoms with Gasteiger partial charge in [0.05, 0.1) is 12.2 Å². The molecule has 1 rings (SSSR count). The number of anilines is 2. The van der Waals surface area contributed by atoms with Crippen LogP contribution in [0.5, 0.6) is 0 Å². The van der Waals surface area contributed by atoms with Gasteiger partial charge in [-0.25, -0.2) is 4.39 Å². The number of rotatable bonds is 4. The summed E-state index contributed by atoms with van der Waals surface area (Å²) in [7, 11) is 0. The van der Waals surface area contributed by atoms with E-state index in [0.717, 1.165) is 6.07 Å². The summed E-state index contributed by atoms with van der Waals surface area (Å²) in [4.78, 5) is 34.4. The Morgan fingerprint density at radius 1 is 1.14 bits per heavy atom. The lowest BCUT2D eigenvalue weighted by atomic mass is 9.96. The molecule has 0 heterocycles. The molecule has 0 aliphatic heterocycles. The predicted molar refractivity (Wildman–Crippen MR) is 81.8 cm³/mol. The maximum atomic E-state index is 13.5. The lowest BCUT2D eigenvalue weighted by molar-refractivity contribution is -0.130. The number of hydrogen-bond acceptors (Lipinski definition) is 3. The van der Waals surface area contributed by atoms with E-state index < -0.39 is 23.0 Å². The highest BCUT2D eigenvalue weighted by Gasteiger charge is 2.21. The van der Waals surface area contributed by atoms with Crippen LogP contribution in [-0.4, -0.2) is 24.3 Å². The van der Waals surface area contributed by atoms with Gasteiger partial charge in [-0.3, -0.25) is 14.4 Å². The Labute approximate surface area is 128 Å². The normalized spacial score (nSPS) is 10.8. The van der Waals surface area contributed by atoms with Gasteiger partial charge in [0, 0.05) is 18.0 Å². The van der Waals surface area contributed by atoms with Crippen molar-refractivity contribution in [3.63, 3.8) is 0 Å². The van der Waals surface area contributed by atoms with Crippen molar-refractivity contribution in [3.8, 4) is 0 Å². The van der Waals surface area contributed by atoms with Gasteiger partial charge in [0.15, 0.2) is 0 Å². The molecule has 0 saturated carbocycles. The van der Waals surface area contributed by atoms with E-state index >= 15 is 0 Å². The first-order valence-corrected chi connectivity index (χ1v) is 6.75. The first-order chi connectivity index (χ1) is 10.1. The summed E-state index contributed by atoms with van der Waals surface area (Å²) in [6.07, 6.45) is 0. The highest BCUT2D eigenvalue weighted by Crippen LogP contribution is 2.19.